The van der Waals surface area contributed by atoms with E-state index in [1.807, 2.05) is 0 Å². The van der Waals surface area contributed by atoms with Crippen molar-refractivity contribution in [3.63, 3.8) is 0 Å². The zero-order valence-corrected chi connectivity index (χ0v) is 12.2. The number of nitrogens with one attached hydrogen (secondary N) is 1. The molecule has 0 radical (unpaired) electrons. The monoisotopic (exact) mass is 311 g/mol. The number of aliphatic hydroxyl groups excluding tert-OH is 1. The Morgan fingerprint density at radius 3 is 2.41 bits per heavy atom. The first-order valence-corrected chi connectivity index (χ1v) is 7.36. The molecule has 0 spiro atoms. The largest absolute Gasteiger partial charge is 0.394 e. The van der Waals surface area contributed by atoms with Gasteiger partial charge in [-0.1, -0.05) is 12.8 Å². The van der Waals surface area contributed by atoms with Crippen molar-refractivity contribution < 1.29 is 23.5 Å². The average molecular weight is 311 g/mol. The summed E-state index contributed by atoms with van der Waals surface area (Å²) in [4.78, 5) is 23.8. The average Bonchev–Trinajstić information content (AvgIpc) is 2.96. The zero-order chi connectivity index (χ0) is 16.2. The van der Waals surface area contributed by atoms with Crippen LogP contribution in [0.1, 0.15) is 48.9 Å². The number of ketones is 1. The Morgan fingerprint density at radius 2 is 1.82 bits per heavy atom. The van der Waals surface area contributed by atoms with E-state index in [1.54, 1.807) is 0 Å². The predicted octanol–water partition coefficient (Wildman–Crippen LogP) is 2.35. The molecule has 22 heavy (non-hydrogen) atoms. The van der Waals surface area contributed by atoms with E-state index in [4.69, 9.17) is 0 Å². The van der Waals surface area contributed by atoms with Crippen LogP contribution in [-0.4, -0.2) is 28.9 Å². The lowest BCUT2D eigenvalue weighted by Crippen LogP contribution is -2.49. The standard InChI is InChI=1S/C16H19F2NO3/c17-12-4-3-11(9-13(12)18)14(21)5-6-15(22)19-16(10-20)7-1-2-8-16/h3-4,9,20H,1-2,5-8,10H2,(H,19,22). The Labute approximate surface area is 127 Å². The van der Waals surface area contributed by atoms with Crippen molar-refractivity contribution >= 4 is 11.7 Å². The second-order valence-electron chi connectivity index (χ2n) is 5.75. The van der Waals surface area contributed by atoms with E-state index in [-0.39, 0.29) is 30.9 Å². The normalized spacial score (nSPS) is 16.5. The van der Waals surface area contributed by atoms with Gasteiger partial charge in [0.15, 0.2) is 17.4 Å². The van der Waals surface area contributed by atoms with Gasteiger partial charge in [-0.25, -0.2) is 8.78 Å². The number of carbonyl (C=O) groups excluding carboxylic acids is 2. The zero-order valence-electron chi connectivity index (χ0n) is 12.2. The molecule has 1 aromatic carbocycles. The van der Waals surface area contributed by atoms with Crippen LogP contribution in [0, 0.1) is 11.6 Å². The van der Waals surface area contributed by atoms with Crippen LogP contribution in [0.3, 0.4) is 0 Å². The van der Waals surface area contributed by atoms with E-state index in [2.05, 4.69) is 5.32 Å². The van der Waals surface area contributed by atoms with Gasteiger partial charge in [0.2, 0.25) is 5.91 Å². The topological polar surface area (TPSA) is 66.4 Å². The first-order valence-electron chi connectivity index (χ1n) is 7.36. The van der Waals surface area contributed by atoms with E-state index in [0.29, 0.717) is 0 Å². The number of Topliss-reactive ketones (excluding diaryl/α,β-unsaturated/α-hetero) is 1. The quantitative estimate of drug-likeness (QED) is 0.793. The third-order valence-corrected chi connectivity index (χ3v) is 4.09. The van der Waals surface area contributed by atoms with Gasteiger partial charge in [0, 0.05) is 18.4 Å². The molecule has 120 valence electrons. The Morgan fingerprint density at radius 1 is 1.14 bits per heavy atom. The molecule has 0 unspecified atom stereocenters. The molecule has 0 heterocycles. The third kappa shape index (κ3) is 3.88. The minimum atomic E-state index is -1.08. The van der Waals surface area contributed by atoms with Gasteiger partial charge in [-0.3, -0.25) is 9.59 Å². The number of carbonyl (C=O) groups is 2. The fourth-order valence-electron chi connectivity index (χ4n) is 2.77. The first kappa shape index (κ1) is 16.5. The fourth-order valence-corrected chi connectivity index (χ4v) is 2.77. The number of hydrogen-bond acceptors (Lipinski definition) is 3. The molecule has 1 aromatic rings. The molecule has 0 saturated heterocycles. The van der Waals surface area contributed by atoms with Crippen LogP contribution < -0.4 is 5.32 Å². The minimum Gasteiger partial charge on any atom is -0.394 e. The number of amides is 1. The van der Waals surface area contributed by atoms with Gasteiger partial charge >= 0.3 is 0 Å². The fraction of sp³-hybridized carbons (Fsp3) is 0.500. The van der Waals surface area contributed by atoms with E-state index in [0.717, 1.165) is 37.8 Å². The molecule has 0 atom stereocenters. The van der Waals surface area contributed by atoms with Crippen molar-refractivity contribution in [3.8, 4) is 0 Å². The summed E-state index contributed by atoms with van der Waals surface area (Å²) < 4.78 is 25.9. The van der Waals surface area contributed by atoms with E-state index < -0.39 is 23.0 Å². The van der Waals surface area contributed by atoms with E-state index in [9.17, 15) is 23.5 Å². The minimum absolute atomic E-state index is 0.0421. The third-order valence-electron chi connectivity index (χ3n) is 4.09. The maximum Gasteiger partial charge on any atom is 0.220 e. The molecular weight excluding hydrogens is 292 g/mol. The Bertz CT molecular complexity index is 569. The molecule has 4 nitrogen and oxygen atoms in total. The lowest BCUT2D eigenvalue weighted by Gasteiger charge is -2.27. The smallest absolute Gasteiger partial charge is 0.220 e. The van der Waals surface area contributed by atoms with Gasteiger partial charge < -0.3 is 10.4 Å². The van der Waals surface area contributed by atoms with Crippen molar-refractivity contribution in [1.82, 2.24) is 5.32 Å². The number of halogens is 2. The highest BCUT2D eigenvalue weighted by Gasteiger charge is 2.34. The Balaban J connectivity index is 1.87. The summed E-state index contributed by atoms with van der Waals surface area (Å²) in [6.07, 6.45) is 3.24. The highest BCUT2D eigenvalue weighted by molar-refractivity contribution is 5.98. The van der Waals surface area contributed by atoms with Crippen LogP contribution in [0.15, 0.2) is 18.2 Å². The molecule has 6 heteroatoms. The number of benzene rings is 1. The molecule has 0 bridgehead atoms. The first-order chi connectivity index (χ1) is 10.5. The molecule has 1 fully saturated rings. The lowest BCUT2D eigenvalue weighted by molar-refractivity contribution is -0.123. The number of rotatable bonds is 6. The summed E-state index contributed by atoms with van der Waals surface area (Å²) in [5.41, 5.74) is -0.522. The van der Waals surface area contributed by atoms with Gasteiger partial charge in [0.05, 0.1) is 12.1 Å². The van der Waals surface area contributed by atoms with Gasteiger partial charge in [-0.2, -0.15) is 0 Å². The number of hydrogen-bond donors (Lipinski definition) is 2. The Hall–Kier alpha value is -1.82. The summed E-state index contributed by atoms with van der Waals surface area (Å²) in [6.45, 7) is -0.115. The molecule has 2 rings (SSSR count). The number of aliphatic hydroxyl groups is 1. The second kappa shape index (κ2) is 6.96. The van der Waals surface area contributed by atoms with Gasteiger partial charge in [0.1, 0.15) is 0 Å². The van der Waals surface area contributed by atoms with Gasteiger partial charge in [-0.15, -0.1) is 0 Å². The highest BCUT2D eigenvalue weighted by atomic mass is 19.2. The molecule has 1 amide bonds. The molecular formula is C16H19F2NO3. The maximum atomic E-state index is 13.1. The van der Waals surface area contributed by atoms with Gasteiger partial charge in [-0.05, 0) is 31.0 Å². The molecule has 0 aromatic heterocycles. The van der Waals surface area contributed by atoms with E-state index >= 15 is 0 Å². The van der Waals surface area contributed by atoms with Crippen molar-refractivity contribution in [2.45, 2.75) is 44.1 Å². The molecule has 1 saturated carbocycles. The van der Waals surface area contributed by atoms with Crippen molar-refractivity contribution in [1.29, 1.82) is 0 Å². The van der Waals surface area contributed by atoms with Gasteiger partial charge in [0.25, 0.3) is 0 Å². The summed E-state index contributed by atoms with van der Waals surface area (Å²) in [6, 6.07) is 2.93. The van der Waals surface area contributed by atoms with Crippen molar-refractivity contribution in [3.05, 3.63) is 35.4 Å². The molecule has 0 aliphatic heterocycles. The molecule has 1 aliphatic carbocycles. The summed E-state index contributed by atoms with van der Waals surface area (Å²) in [7, 11) is 0. The van der Waals surface area contributed by atoms with Crippen LogP contribution in [0.4, 0.5) is 8.78 Å². The Kier molecular flexibility index (Phi) is 5.24. The lowest BCUT2D eigenvalue weighted by atomic mass is 9.98. The van der Waals surface area contributed by atoms with Crippen LogP contribution in [0.5, 0.6) is 0 Å². The van der Waals surface area contributed by atoms with Crippen LogP contribution in [0.25, 0.3) is 0 Å². The molecule has 1 aliphatic rings. The second-order valence-corrected chi connectivity index (χ2v) is 5.75. The SMILES string of the molecule is O=C(CCC(=O)c1ccc(F)c(F)c1)NC1(CO)CCCC1. The summed E-state index contributed by atoms with van der Waals surface area (Å²) in [5.74, 6) is -2.83. The van der Waals surface area contributed by atoms with E-state index in [1.165, 1.54) is 6.07 Å². The molecule has 2 N–H and O–H groups in total. The van der Waals surface area contributed by atoms with Crippen molar-refractivity contribution in [2.24, 2.45) is 0 Å². The van der Waals surface area contributed by atoms with Crippen LogP contribution in [-0.2, 0) is 4.79 Å². The van der Waals surface area contributed by atoms with Crippen LogP contribution in [0.2, 0.25) is 0 Å². The highest BCUT2D eigenvalue weighted by Crippen LogP contribution is 2.29. The summed E-state index contributed by atoms with van der Waals surface area (Å²) in [5, 5.41) is 12.2. The predicted molar refractivity (Wildman–Crippen MR) is 76.4 cm³/mol. The maximum absolute atomic E-state index is 13.1. The van der Waals surface area contributed by atoms with Crippen molar-refractivity contribution in [2.75, 3.05) is 6.61 Å². The van der Waals surface area contributed by atoms with Crippen LogP contribution >= 0.6 is 0 Å². The summed E-state index contributed by atoms with van der Waals surface area (Å²) >= 11 is 0.